The summed E-state index contributed by atoms with van der Waals surface area (Å²) in [6.45, 7) is 0. The number of rotatable bonds is 3. The van der Waals surface area contributed by atoms with Crippen molar-refractivity contribution in [3.63, 3.8) is 0 Å². The maximum atomic E-state index is 13.0. The number of anilines is 1. The number of nitrogens with one attached hydrogen (secondary N) is 2. The zero-order valence-corrected chi connectivity index (χ0v) is 15.2. The highest BCUT2D eigenvalue weighted by atomic mass is 35.5. The van der Waals surface area contributed by atoms with Crippen molar-refractivity contribution in [3.8, 4) is 11.1 Å². The smallest absolute Gasteiger partial charge is 0.292 e. The predicted molar refractivity (Wildman–Crippen MR) is 103 cm³/mol. The third-order valence-corrected chi connectivity index (χ3v) is 4.23. The van der Waals surface area contributed by atoms with Gasteiger partial charge in [-0.1, -0.05) is 41.4 Å². The van der Waals surface area contributed by atoms with E-state index >= 15 is 0 Å². The lowest BCUT2D eigenvalue weighted by Gasteiger charge is -2.09. The number of pyridine rings is 1. The lowest BCUT2D eigenvalue weighted by atomic mass is 10.1. The number of urea groups is 1. The SMILES string of the molecule is O=C(NC(=O)c1c(Cl)cccc1Cl)Nc1ccc(-c2ccc(F)cc2)cn1. The van der Waals surface area contributed by atoms with E-state index in [2.05, 4.69) is 15.6 Å². The number of hydrogen-bond donors (Lipinski definition) is 2. The fourth-order valence-corrected chi connectivity index (χ4v) is 2.88. The molecule has 2 aromatic carbocycles. The number of carbonyl (C=O) groups excluding carboxylic acids is 2. The zero-order valence-electron chi connectivity index (χ0n) is 13.7. The second kappa shape index (κ2) is 8.16. The maximum Gasteiger partial charge on any atom is 0.327 e. The molecule has 0 fully saturated rings. The molecule has 0 unspecified atom stereocenters. The van der Waals surface area contributed by atoms with E-state index in [0.717, 1.165) is 11.1 Å². The minimum Gasteiger partial charge on any atom is -0.292 e. The quantitative estimate of drug-likeness (QED) is 0.634. The first-order chi connectivity index (χ1) is 12.9. The summed E-state index contributed by atoms with van der Waals surface area (Å²) in [7, 11) is 0. The van der Waals surface area contributed by atoms with Gasteiger partial charge in [-0.05, 0) is 42.0 Å². The average Bonchev–Trinajstić information content (AvgIpc) is 2.63. The highest BCUT2D eigenvalue weighted by molar-refractivity contribution is 6.40. The van der Waals surface area contributed by atoms with Gasteiger partial charge in [0.1, 0.15) is 11.6 Å². The molecule has 3 amide bonds. The monoisotopic (exact) mass is 403 g/mol. The first kappa shape index (κ1) is 18.8. The van der Waals surface area contributed by atoms with Crippen LogP contribution in [0.1, 0.15) is 10.4 Å². The predicted octanol–water partition coefficient (Wildman–Crippen LogP) is 5.16. The van der Waals surface area contributed by atoms with Gasteiger partial charge in [0.15, 0.2) is 0 Å². The van der Waals surface area contributed by atoms with Crippen molar-refractivity contribution >= 4 is 41.0 Å². The second-order valence-electron chi connectivity index (χ2n) is 5.44. The van der Waals surface area contributed by atoms with Crippen molar-refractivity contribution in [1.82, 2.24) is 10.3 Å². The van der Waals surface area contributed by atoms with Crippen LogP contribution in [-0.4, -0.2) is 16.9 Å². The molecule has 0 saturated heterocycles. The lowest BCUT2D eigenvalue weighted by molar-refractivity contribution is 0.0967. The van der Waals surface area contributed by atoms with Gasteiger partial charge in [-0.25, -0.2) is 14.2 Å². The van der Waals surface area contributed by atoms with E-state index in [-0.39, 0.29) is 27.2 Å². The van der Waals surface area contributed by atoms with Gasteiger partial charge in [0, 0.05) is 11.8 Å². The molecule has 0 bridgehead atoms. The van der Waals surface area contributed by atoms with Gasteiger partial charge in [0.2, 0.25) is 0 Å². The highest BCUT2D eigenvalue weighted by Crippen LogP contribution is 2.24. The van der Waals surface area contributed by atoms with E-state index in [9.17, 15) is 14.0 Å². The van der Waals surface area contributed by atoms with Gasteiger partial charge in [-0.15, -0.1) is 0 Å². The molecule has 1 aromatic heterocycles. The molecule has 3 aromatic rings. The Morgan fingerprint density at radius 3 is 2.11 bits per heavy atom. The van der Waals surface area contributed by atoms with Gasteiger partial charge in [0.25, 0.3) is 5.91 Å². The summed E-state index contributed by atoms with van der Waals surface area (Å²) in [5.74, 6) is -0.826. The molecule has 136 valence electrons. The Kier molecular flexibility index (Phi) is 5.69. The van der Waals surface area contributed by atoms with Crippen LogP contribution >= 0.6 is 23.2 Å². The number of benzene rings is 2. The Morgan fingerprint density at radius 2 is 1.52 bits per heavy atom. The van der Waals surface area contributed by atoms with Gasteiger partial charge in [0.05, 0.1) is 15.6 Å². The van der Waals surface area contributed by atoms with Crippen molar-refractivity contribution in [3.05, 3.63) is 82.2 Å². The fourth-order valence-electron chi connectivity index (χ4n) is 2.31. The second-order valence-corrected chi connectivity index (χ2v) is 6.26. The molecular weight excluding hydrogens is 392 g/mol. The van der Waals surface area contributed by atoms with Gasteiger partial charge in [-0.3, -0.25) is 15.4 Å². The Morgan fingerprint density at radius 1 is 0.889 bits per heavy atom. The molecule has 2 N–H and O–H groups in total. The first-order valence-electron chi connectivity index (χ1n) is 7.72. The van der Waals surface area contributed by atoms with E-state index in [4.69, 9.17) is 23.2 Å². The summed E-state index contributed by atoms with van der Waals surface area (Å²) < 4.78 is 13.0. The molecule has 5 nitrogen and oxygen atoms in total. The van der Waals surface area contributed by atoms with Gasteiger partial charge in [-0.2, -0.15) is 0 Å². The largest absolute Gasteiger partial charge is 0.327 e. The van der Waals surface area contributed by atoms with Crippen LogP contribution in [0.3, 0.4) is 0 Å². The van der Waals surface area contributed by atoms with E-state index in [0.29, 0.717) is 0 Å². The third-order valence-electron chi connectivity index (χ3n) is 3.60. The van der Waals surface area contributed by atoms with Crippen LogP contribution in [0.2, 0.25) is 10.0 Å². The summed E-state index contributed by atoms with van der Waals surface area (Å²) >= 11 is 11.9. The molecule has 0 aliphatic rings. The van der Waals surface area contributed by atoms with Crippen molar-refractivity contribution < 1.29 is 14.0 Å². The normalized spacial score (nSPS) is 10.3. The lowest BCUT2D eigenvalue weighted by Crippen LogP contribution is -2.34. The van der Waals surface area contributed by atoms with Crippen LogP contribution in [0.5, 0.6) is 0 Å². The number of amides is 3. The summed E-state index contributed by atoms with van der Waals surface area (Å²) in [5, 5.41) is 4.85. The van der Waals surface area contributed by atoms with Crippen LogP contribution in [-0.2, 0) is 0 Å². The zero-order chi connectivity index (χ0) is 19.4. The Bertz CT molecular complexity index is 973. The third kappa shape index (κ3) is 4.61. The standard InChI is InChI=1S/C19H12Cl2FN3O2/c20-14-2-1-3-15(21)17(14)18(26)25-19(27)24-16-9-6-12(10-23-16)11-4-7-13(22)8-5-11/h1-10H,(H2,23,24,25,26,27). The fraction of sp³-hybridized carbons (Fsp3) is 0. The van der Waals surface area contributed by atoms with Gasteiger partial charge >= 0.3 is 6.03 Å². The Balaban J connectivity index is 1.66. The number of nitrogens with zero attached hydrogens (tertiary/aromatic N) is 1. The molecule has 0 atom stereocenters. The van der Waals surface area contributed by atoms with Crippen LogP contribution in [0.25, 0.3) is 11.1 Å². The Hall–Kier alpha value is -2.96. The number of aromatic nitrogens is 1. The molecular formula is C19H12Cl2FN3O2. The molecule has 0 saturated carbocycles. The minimum absolute atomic E-state index is 0.00982. The molecule has 0 aliphatic heterocycles. The number of hydrogen-bond acceptors (Lipinski definition) is 3. The van der Waals surface area contributed by atoms with Crippen LogP contribution in [0, 0.1) is 5.82 Å². The summed E-state index contributed by atoms with van der Waals surface area (Å²) in [6, 6.07) is 13.0. The molecule has 3 rings (SSSR count). The number of imide groups is 1. The van der Waals surface area contributed by atoms with Crippen LogP contribution in [0.15, 0.2) is 60.8 Å². The van der Waals surface area contributed by atoms with Crippen molar-refractivity contribution in [2.45, 2.75) is 0 Å². The molecule has 27 heavy (non-hydrogen) atoms. The first-order valence-corrected chi connectivity index (χ1v) is 8.48. The van der Waals surface area contributed by atoms with E-state index in [1.165, 1.54) is 30.5 Å². The summed E-state index contributed by atoms with van der Waals surface area (Å²) in [5.41, 5.74) is 1.54. The number of halogens is 3. The molecule has 0 spiro atoms. The van der Waals surface area contributed by atoms with Crippen LogP contribution < -0.4 is 10.6 Å². The maximum absolute atomic E-state index is 13.0. The molecule has 1 heterocycles. The topological polar surface area (TPSA) is 71.1 Å². The van der Waals surface area contributed by atoms with Crippen molar-refractivity contribution in [2.24, 2.45) is 0 Å². The Labute approximate surface area is 164 Å². The van der Waals surface area contributed by atoms with E-state index in [1.54, 1.807) is 30.3 Å². The van der Waals surface area contributed by atoms with Crippen molar-refractivity contribution in [1.29, 1.82) is 0 Å². The van der Waals surface area contributed by atoms with Crippen LogP contribution in [0.4, 0.5) is 15.0 Å². The van der Waals surface area contributed by atoms with Crippen molar-refractivity contribution in [2.75, 3.05) is 5.32 Å². The molecule has 8 heteroatoms. The summed E-state index contributed by atoms with van der Waals surface area (Å²) in [6.07, 6.45) is 1.52. The van der Waals surface area contributed by atoms with E-state index in [1.807, 2.05) is 0 Å². The number of carbonyl (C=O) groups is 2. The van der Waals surface area contributed by atoms with Gasteiger partial charge < -0.3 is 0 Å². The van der Waals surface area contributed by atoms with E-state index < -0.39 is 11.9 Å². The minimum atomic E-state index is -0.780. The summed E-state index contributed by atoms with van der Waals surface area (Å²) in [4.78, 5) is 28.3. The molecule has 0 radical (unpaired) electrons. The molecule has 0 aliphatic carbocycles. The highest BCUT2D eigenvalue weighted by Gasteiger charge is 2.17. The average molecular weight is 404 g/mol.